The summed E-state index contributed by atoms with van der Waals surface area (Å²) in [6.45, 7) is 0.917. The number of nitrogens with zero attached hydrogens (tertiary/aromatic N) is 1. The molecule has 0 radical (unpaired) electrons. The van der Waals surface area contributed by atoms with Crippen LogP contribution in [-0.2, 0) is 16.6 Å². The van der Waals surface area contributed by atoms with Crippen molar-refractivity contribution in [2.45, 2.75) is 18.4 Å². The van der Waals surface area contributed by atoms with Gasteiger partial charge in [-0.2, -0.15) is 5.10 Å². The number of benzene rings is 1. The van der Waals surface area contributed by atoms with Crippen LogP contribution in [-0.4, -0.2) is 23.7 Å². The van der Waals surface area contributed by atoms with E-state index >= 15 is 0 Å². The molecule has 0 aliphatic rings. The second kappa shape index (κ2) is 5.80. The van der Waals surface area contributed by atoms with Crippen molar-refractivity contribution in [3.05, 3.63) is 39.4 Å². The van der Waals surface area contributed by atoms with Crippen molar-refractivity contribution >= 4 is 38.9 Å². The number of anilines is 1. The van der Waals surface area contributed by atoms with Crippen LogP contribution in [0.25, 0.3) is 0 Å². The summed E-state index contributed by atoms with van der Waals surface area (Å²) < 4.78 is 40.0. The highest BCUT2D eigenvalue weighted by molar-refractivity contribution is 7.92. The minimum Gasteiger partial charge on any atom is -0.390 e. The van der Waals surface area contributed by atoms with Crippen molar-refractivity contribution in [1.29, 1.82) is 0 Å². The molecule has 21 heavy (non-hydrogen) atoms. The Kier molecular flexibility index (Phi) is 4.43. The Morgan fingerprint density at radius 2 is 1.95 bits per heavy atom. The molecule has 1 heterocycles. The van der Waals surface area contributed by atoms with Gasteiger partial charge in [-0.1, -0.05) is 23.2 Å². The van der Waals surface area contributed by atoms with E-state index in [9.17, 15) is 12.8 Å². The summed E-state index contributed by atoms with van der Waals surface area (Å²) in [7, 11) is -4.10. The molecule has 10 heteroatoms. The van der Waals surface area contributed by atoms with E-state index in [1.165, 1.54) is 6.92 Å². The SMILES string of the molecule is Cc1[nH]nc(CO)c1S(=O)(=O)Nc1c(Cl)cc(F)cc1Cl. The van der Waals surface area contributed by atoms with Gasteiger partial charge in [-0.25, -0.2) is 12.8 Å². The molecule has 0 saturated carbocycles. The second-order valence-electron chi connectivity index (χ2n) is 4.13. The van der Waals surface area contributed by atoms with Crippen LogP contribution < -0.4 is 4.72 Å². The molecular weight excluding hydrogens is 344 g/mol. The molecule has 0 bridgehead atoms. The summed E-state index contributed by atoms with van der Waals surface area (Å²) in [5.41, 5.74) is 0.0412. The number of hydrogen-bond acceptors (Lipinski definition) is 4. The first-order valence-corrected chi connectivity index (χ1v) is 7.82. The average molecular weight is 354 g/mol. The van der Waals surface area contributed by atoms with Crippen molar-refractivity contribution in [1.82, 2.24) is 10.2 Å². The van der Waals surface area contributed by atoms with Gasteiger partial charge in [0.05, 0.1) is 28.0 Å². The fourth-order valence-electron chi connectivity index (χ4n) is 1.76. The normalized spacial score (nSPS) is 11.7. The van der Waals surface area contributed by atoms with Gasteiger partial charge < -0.3 is 5.11 Å². The molecule has 6 nitrogen and oxygen atoms in total. The number of aryl methyl sites for hydroxylation is 1. The molecule has 114 valence electrons. The zero-order valence-electron chi connectivity index (χ0n) is 10.6. The highest BCUT2D eigenvalue weighted by Crippen LogP contribution is 2.33. The minimum absolute atomic E-state index is 0.0469. The number of H-pyrrole nitrogens is 1. The van der Waals surface area contributed by atoms with Gasteiger partial charge in [-0.3, -0.25) is 9.82 Å². The molecule has 1 aromatic carbocycles. The largest absolute Gasteiger partial charge is 0.390 e. The summed E-state index contributed by atoms with van der Waals surface area (Å²) in [6, 6.07) is 1.86. The Labute approximate surface area is 129 Å². The summed E-state index contributed by atoms with van der Waals surface area (Å²) in [6.07, 6.45) is 0. The Bertz CT molecular complexity index is 769. The van der Waals surface area contributed by atoms with Crippen LogP contribution in [0.3, 0.4) is 0 Å². The lowest BCUT2D eigenvalue weighted by atomic mass is 10.3. The summed E-state index contributed by atoms with van der Waals surface area (Å²) >= 11 is 11.6. The van der Waals surface area contributed by atoms with Crippen LogP contribution in [0.2, 0.25) is 10.0 Å². The lowest BCUT2D eigenvalue weighted by Crippen LogP contribution is -2.16. The van der Waals surface area contributed by atoms with Gasteiger partial charge in [0.25, 0.3) is 10.0 Å². The lowest BCUT2D eigenvalue weighted by Gasteiger charge is -2.11. The zero-order valence-corrected chi connectivity index (χ0v) is 12.9. The standard InChI is InChI=1S/C11H10Cl2FN3O3S/c1-5-11(9(4-18)16-15-5)21(19,20)17-10-7(12)2-6(14)3-8(10)13/h2-3,17-18H,4H2,1H3,(H,15,16). The first-order chi connectivity index (χ1) is 9.76. The molecule has 0 aliphatic carbocycles. The van der Waals surface area contributed by atoms with Gasteiger partial charge in [-0.15, -0.1) is 0 Å². The molecule has 0 aliphatic heterocycles. The van der Waals surface area contributed by atoms with Crippen molar-refractivity contribution < 1.29 is 17.9 Å². The number of hydrogen-bond donors (Lipinski definition) is 3. The fourth-order valence-corrected chi connectivity index (χ4v) is 3.89. The third-order valence-corrected chi connectivity index (χ3v) is 4.77. The van der Waals surface area contributed by atoms with Gasteiger partial charge in [-0.05, 0) is 19.1 Å². The maximum Gasteiger partial charge on any atom is 0.265 e. The number of rotatable bonds is 4. The van der Waals surface area contributed by atoms with E-state index in [2.05, 4.69) is 14.9 Å². The Morgan fingerprint density at radius 3 is 2.48 bits per heavy atom. The number of sulfonamides is 1. The summed E-state index contributed by atoms with van der Waals surface area (Å²) in [5, 5.41) is 14.9. The zero-order chi connectivity index (χ0) is 15.8. The van der Waals surface area contributed by atoms with Crippen molar-refractivity contribution in [3.63, 3.8) is 0 Å². The van der Waals surface area contributed by atoms with Crippen molar-refractivity contribution in [3.8, 4) is 0 Å². The number of nitrogens with one attached hydrogen (secondary N) is 2. The first-order valence-electron chi connectivity index (χ1n) is 5.58. The fraction of sp³-hybridized carbons (Fsp3) is 0.182. The molecule has 0 unspecified atom stereocenters. The van der Waals surface area contributed by atoms with Crippen LogP contribution in [0.1, 0.15) is 11.4 Å². The van der Waals surface area contributed by atoms with E-state index in [0.717, 1.165) is 12.1 Å². The molecule has 2 rings (SSSR count). The van der Waals surface area contributed by atoms with E-state index < -0.39 is 22.4 Å². The number of aliphatic hydroxyl groups is 1. The van der Waals surface area contributed by atoms with Gasteiger partial charge >= 0.3 is 0 Å². The predicted octanol–water partition coefficient (Wildman–Crippen LogP) is 2.46. The highest BCUT2D eigenvalue weighted by Gasteiger charge is 2.26. The summed E-state index contributed by atoms with van der Waals surface area (Å²) in [5.74, 6) is -0.691. The maximum absolute atomic E-state index is 13.1. The van der Waals surface area contributed by atoms with Gasteiger partial charge in [0, 0.05) is 0 Å². The minimum atomic E-state index is -4.10. The third-order valence-electron chi connectivity index (χ3n) is 2.62. The Hall–Kier alpha value is -1.35. The van der Waals surface area contributed by atoms with Crippen LogP contribution >= 0.6 is 23.2 Å². The Morgan fingerprint density at radius 1 is 1.38 bits per heavy atom. The average Bonchev–Trinajstić information content (AvgIpc) is 2.76. The van der Waals surface area contributed by atoms with E-state index in [1.807, 2.05) is 0 Å². The molecule has 1 aromatic heterocycles. The topological polar surface area (TPSA) is 95.1 Å². The molecule has 0 saturated heterocycles. The molecule has 0 amide bonds. The van der Waals surface area contributed by atoms with Crippen molar-refractivity contribution in [2.75, 3.05) is 4.72 Å². The number of aromatic nitrogens is 2. The van der Waals surface area contributed by atoms with Gasteiger partial charge in [0.2, 0.25) is 0 Å². The van der Waals surface area contributed by atoms with E-state index in [1.54, 1.807) is 0 Å². The maximum atomic E-state index is 13.1. The van der Waals surface area contributed by atoms with E-state index in [0.29, 0.717) is 0 Å². The first kappa shape index (κ1) is 16.0. The molecule has 0 fully saturated rings. The Balaban J connectivity index is 2.50. The molecule has 3 N–H and O–H groups in total. The van der Waals surface area contributed by atoms with E-state index in [-0.39, 0.29) is 32.0 Å². The second-order valence-corrected chi connectivity index (χ2v) is 6.57. The number of halogens is 3. The third kappa shape index (κ3) is 3.13. The predicted molar refractivity (Wildman–Crippen MR) is 76.5 cm³/mol. The monoisotopic (exact) mass is 353 g/mol. The summed E-state index contributed by atoms with van der Waals surface area (Å²) in [4.78, 5) is -0.207. The quantitative estimate of drug-likeness (QED) is 0.786. The highest BCUT2D eigenvalue weighted by atomic mass is 35.5. The molecular formula is C11H10Cl2FN3O3S. The van der Waals surface area contributed by atoms with Crippen LogP contribution in [0.4, 0.5) is 10.1 Å². The van der Waals surface area contributed by atoms with Gasteiger partial charge in [0.1, 0.15) is 16.4 Å². The van der Waals surface area contributed by atoms with Crippen LogP contribution in [0.15, 0.2) is 17.0 Å². The van der Waals surface area contributed by atoms with Crippen LogP contribution in [0, 0.1) is 12.7 Å². The molecule has 0 atom stereocenters. The van der Waals surface area contributed by atoms with E-state index in [4.69, 9.17) is 28.3 Å². The smallest absolute Gasteiger partial charge is 0.265 e. The lowest BCUT2D eigenvalue weighted by molar-refractivity contribution is 0.273. The molecule has 2 aromatic rings. The number of aliphatic hydroxyl groups excluding tert-OH is 1. The van der Waals surface area contributed by atoms with Crippen molar-refractivity contribution in [2.24, 2.45) is 0 Å². The number of aromatic amines is 1. The van der Waals surface area contributed by atoms with Gasteiger partial charge in [0.15, 0.2) is 0 Å². The van der Waals surface area contributed by atoms with Crippen LogP contribution in [0.5, 0.6) is 0 Å². The molecule has 0 spiro atoms.